The summed E-state index contributed by atoms with van der Waals surface area (Å²) in [6.07, 6.45) is -5.04. The number of halogens is 3. The highest BCUT2D eigenvalue weighted by molar-refractivity contribution is 6.08. The van der Waals surface area contributed by atoms with Gasteiger partial charge >= 0.3 is 12.1 Å². The molecule has 0 radical (unpaired) electrons. The lowest BCUT2D eigenvalue weighted by Gasteiger charge is -2.06. The van der Waals surface area contributed by atoms with Gasteiger partial charge in [0.25, 0.3) is 0 Å². The van der Waals surface area contributed by atoms with Crippen molar-refractivity contribution in [2.45, 2.75) is 13.1 Å². The molecule has 0 saturated carbocycles. The summed E-state index contributed by atoms with van der Waals surface area (Å²) in [7, 11) is 0. The molecule has 1 amide bonds. The fourth-order valence-corrected chi connectivity index (χ4v) is 1.15. The van der Waals surface area contributed by atoms with Crippen molar-refractivity contribution in [3.63, 3.8) is 0 Å². The van der Waals surface area contributed by atoms with Crippen molar-refractivity contribution in [2.75, 3.05) is 5.73 Å². The van der Waals surface area contributed by atoms with Crippen LogP contribution in [0.25, 0.3) is 0 Å². The van der Waals surface area contributed by atoms with Gasteiger partial charge in [0.05, 0.1) is 0 Å². The van der Waals surface area contributed by atoms with E-state index in [1.807, 2.05) is 0 Å². The van der Waals surface area contributed by atoms with Gasteiger partial charge in [-0.3, -0.25) is 4.79 Å². The maximum atomic E-state index is 11.9. The molecule has 17 heavy (non-hydrogen) atoms. The largest absolute Gasteiger partial charge is 0.473 e. The quantitative estimate of drug-likeness (QED) is 0.445. The number of aliphatic imine (C=N–C) groups is 1. The van der Waals surface area contributed by atoms with Gasteiger partial charge < -0.3 is 11.5 Å². The second-order valence-corrected chi connectivity index (χ2v) is 3.39. The third-order valence-electron chi connectivity index (χ3n) is 1.95. The number of hydrogen-bond donors (Lipinski definition) is 2. The molecule has 0 aliphatic rings. The summed E-state index contributed by atoms with van der Waals surface area (Å²) in [5.74, 6) is -2.81. The van der Waals surface area contributed by atoms with Gasteiger partial charge in [-0.15, -0.1) is 0 Å². The van der Waals surface area contributed by atoms with E-state index in [1.165, 1.54) is 12.1 Å². The Morgan fingerprint density at radius 3 is 2.41 bits per heavy atom. The molecule has 0 aromatic heterocycles. The summed E-state index contributed by atoms with van der Waals surface area (Å²) in [5, 5.41) is 0. The average Bonchev–Trinajstić information content (AvgIpc) is 2.15. The summed E-state index contributed by atoms with van der Waals surface area (Å²) < 4.78 is 35.8. The number of hydrogen-bond acceptors (Lipinski definition) is 2. The summed E-state index contributed by atoms with van der Waals surface area (Å²) in [4.78, 5) is 13.4. The number of nitrogens with two attached hydrogens (primary N) is 2. The summed E-state index contributed by atoms with van der Waals surface area (Å²) >= 11 is 0. The number of amidine groups is 1. The molecule has 0 spiro atoms. The van der Waals surface area contributed by atoms with Gasteiger partial charge in [0, 0.05) is 11.3 Å². The van der Waals surface area contributed by atoms with Crippen LogP contribution in [0, 0.1) is 6.92 Å². The molecule has 92 valence electrons. The molecule has 0 heterocycles. The SMILES string of the molecule is Cc1ccc(C(N)=NC(=O)C(F)(F)F)c(N)c1. The van der Waals surface area contributed by atoms with Gasteiger partial charge in [-0.1, -0.05) is 6.07 Å². The minimum atomic E-state index is -5.04. The number of alkyl halides is 3. The topological polar surface area (TPSA) is 81.5 Å². The smallest absolute Gasteiger partial charge is 0.398 e. The van der Waals surface area contributed by atoms with Crippen molar-refractivity contribution in [3.8, 4) is 0 Å². The Morgan fingerprint density at radius 1 is 1.35 bits per heavy atom. The fourth-order valence-electron chi connectivity index (χ4n) is 1.15. The molecule has 0 atom stereocenters. The Hall–Kier alpha value is -2.05. The lowest BCUT2D eigenvalue weighted by Crippen LogP contribution is -2.25. The van der Waals surface area contributed by atoms with Crippen LogP contribution in [0.15, 0.2) is 23.2 Å². The number of aryl methyl sites for hydroxylation is 1. The van der Waals surface area contributed by atoms with E-state index in [4.69, 9.17) is 11.5 Å². The monoisotopic (exact) mass is 245 g/mol. The van der Waals surface area contributed by atoms with Gasteiger partial charge in [0.2, 0.25) is 0 Å². The normalized spacial score (nSPS) is 12.6. The first kappa shape index (κ1) is 13.0. The van der Waals surface area contributed by atoms with E-state index in [-0.39, 0.29) is 11.3 Å². The molecule has 7 heteroatoms. The molecule has 0 unspecified atom stereocenters. The minimum absolute atomic E-state index is 0.105. The van der Waals surface area contributed by atoms with Crippen LogP contribution < -0.4 is 11.5 Å². The Labute approximate surface area is 95.1 Å². The molecule has 0 aliphatic heterocycles. The molecule has 1 aromatic rings. The van der Waals surface area contributed by atoms with Crippen LogP contribution in [0.5, 0.6) is 0 Å². The zero-order chi connectivity index (χ0) is 13.2. The third-order valence-corrected chi connectivity index (χ3v) is 1.95. The Balaban J connectivity index is 3.09. The molecule has 0 fully saturated rings. The van der Waals surface area contributed by atoms with Crippen LogP contribution >= 0.6 is 0 Å². The molecule has 1 rings (SSSR count). The lowest BCUT2D eigenvalue weighted by molar-refractivity contribution is -0.169. The molecule has 4 nitrogen and oxygen atoms in total. The van der Waals surface area contributed by atoms with Gasteiger partial charge in [-0.05, 0) is 24.6 Å². The predicted molar refractivity (Wildman–Crippen MR) is 57.4 cm³/mol. The first-order chi connectivity index (χ1) is 7.71. The second kappa shape index (κ2) is 4.44. The second-order valence-electron chi connectivity index (χ2n) is 3.39. The van der Waals surface area contributed by atoms with Crippen LogP contribution in [0.1, 0.15) is 11.1 Å². The molecule has 4 N–H and O–H groups in total. The maximum Gasteiger partial charge on any atom is 0.473 e. The van der Waals surface area contributed by atoms with E-state index in [0.29, 0.717) is 0 Å². The van der Waals surface area contributed by atoms with Crippen LogP contribution in [0.3, 0.4) is 0 Å². The maximum absolute atomic E-state index is 11.9. The summed E-state index contributed by atoms with van der Waals surface area (Å²) in [6.45, 7) is 1.76. The van der Waals surface area contributed by atoms with Gasteiger partial charge in [0.1, 0.15) is 5.84 Å². The predicted octanol–water partition coefficient (Wildman–Crippen LogP) is 1.37. The van der Waals surface area contributed by atoms with Crippen LogP contribution in [0.2, 0.25) is 0 Å². The Bertz CT molecular complexity index is 480. The Kier molecular flexibility index (Phi) is 3.40. The van der Waals surface area contributed by atoms with Gasteiger partial charge in [-0.25, -0.2) is 0 Å². The number of nitrogen functional groups attached to an aromatic ring is 1. The standard InChI is InChI=1S/C10H10F3N3O/c1-5-2-3-6(7(14)4-5)8(15)16-9(17)10(11,12)13/h2-4H,14H2,1H3,(H2,15,16,17). The van der Waals surface area contributed by atoms with E-state index in [9.17, 15) is 18.0 Å². The minimum Gasteiger partial charge on any atom is -0.398 e. The molecule has 1 aromatic carbocycles. The van der Waals surface area contributed by atoms with Crippen molar-refractivity contribution in [1.82, 2.24) is 0 Å². The Morgan fingerprint density at radius 2 is 1.94 bits per heavy atom. The van der Waals surface area contributed by atoms with Crippen molar-refractivity contribution in [1.29, 1.82) is 0 Å². The summed E-state index contributed by atoms with van der Waals surface area (Å²) in [6, 6.07) is 4.54. The van der Waals surface area contributed by atoms with Crippen LogP contribution in [0.4, 0.5) is 18.9 Å². The van der Waals surface area contributed by atoms with E-state index >= 15 is 0 Å². The zero-order valence-corrected chi connectivity index (χ0v) is 8.88. The molecule has 0 bridgehead atoms. The van der Waals surface area contributed by atoms with Crippen molar-refractivity contribution in [3.05, 3.63) is 29.3 Å². The highest BCUT2D eigenvalue weighted by Crippen LogP contribution is 2.18. The first-order valence-electron chi connectivity index (χ1n) is 4.53. The number of rotatable bonds is 1. The molecule has 0 aliphatic carbocycles. The van der Waals surface area contributed by atoms with Crippen LogP contribution in [-0.4, -0.2) is 17.9 Å². The molecular formula is C10H10F3N3O. The number of carbonyl (C=O) groups is 1. The van der Waals surface area contributed by atoms with E-state index in [0.717, 1.165) is 5.56 Å². The fraction of sp³-hybridized carbons (Fsp3) is 0.200. The van der Waals surface area contributed by atoms with Crippen molar-refractivity contribution < 1.29 is 18.0 Å². The van der Waals surface area contributed by atoms with E-state index in [2.05, 4.69) is 4.99 Å². The van der Waals surface area contributed by atoms with Crippen molar-refractivity contribution >= 4 is 17.4 Å². The number of benzene rings is 1. The molecular weight excluding hydrogens is 235 g/mol. The highest BCUT2D eigenvalue weighted by Gasteiger charge is 2.38. The van der Waals surface area contributed by atoms with Gasteiger partial charge in [-0.2, -0.15) is 18.2 Å². The van der Waals surface area contributed by atoms with E-state index < -0.39 is 17.9 Å². The lowest BCUT2D eigenvalue weighted by atomic mass is 10.1. The van der Waals surface area contributed by atoms with Gasteiger partial charge in [0.15, 0.2) is 0 Å². The highest BCUT2D eigenvalue weighted by atomic mass is 19.4. The number of anilines is 1. The third kappa shape index (κ3) is 3.20. The number of amides is 1. The number of carbonyl (C=O) groups excluding carboxylic acids is 1. The van der Waals surface area contributed by atoms with Crippen LogP contribution in [-0.2, 0) is 4.79 Å². The average molecular weight is 245 g/mol. The first-order valence-corrected chi connectivity index (χ1v) is 4.53. The zero-order valence-electron chi connectivity index (χ0n) is 8.88. The van der Waals surface area contributed by atoms with E-state index in [1.54, 1.807) is 13.0 Å². The molecule has 0 saturated heterocycles. The summed E-state index contributed by atoms with van der Waals surface area (Å²) in [5.41, 5.74) is 11.9. The van der Waals surface area contributed by atoms with Crippen molar-refractivity contribution in [2.24, 2.45) is 10.7 Å². The number of nitrogens with zero attached hydrogens (tertiary/aromatic N) is 1.